The van der Waals surface area contributed by atoms with Crippen LogP contribution in [0, 0.1) is 0 Å². The van der Waals surface area contributed by atoms with Gasteiger partial charge in [-0.1, -0.05) is 6.07 Å². The van der Waals surface area contributed by atoms with Crippen molar-refractivity contribution in [2.75, 3.05) is 5.88 Å². The van der Waals surface area contributed by atoms with E-state index in [4.69, 9.17) is 11.6 Å². The maximum Gasteiger partial charge on any atom is 0.0308 e. The predicted octanol–water partition coefficient (Wildman–Crippen LogP) is 3.91. The second kappa shape index (κ2) is 5.15. The molecule has 0 aliphatic heterocycles. The SMILES string of the molecule is Sc1cc(CCCCl)ccc1Br. The molecule has 0 saturated heterocycles. The Morgan fingerprint density at radius 3 is 2.75 bits per heavy atom. The molecule has 3 heteroatoms. The van der Waals surface area contributed by atoms with E-state index in [0.29, 0.717) is 0 Å². The van der Waals surface area contributed by atoms with Crippen molar-refractivity contribution in [3.05, 3.63) is 28.2 Å². The van der Waals surface area contributed by atoms with Gasteiger partial charge in [0.2, 0.25) is 0 Å². The van der Waals surface area contributed by atoms with Crippen LogP contribution in [-0.2, 0) is 6.42 Å². The van der Waals surface area contributed by atoms with Crippen LogP contribution in [-0.4, -0.2) is 5.88 Å². The Balaban J connectivity index is 2.69. The van der Waals surface area contributed by atoms with Crippen LogP contribution in [0.2, 0.25) is 0 Å². The summed E-state index contributed by atoms with van der Waals surface area (Å²) in [6.07, 6.45) is 2.06. The van der Waals surface area contributed by atoms with E-state index < -0.39 is 0 Å². The molecule has 0 aliphatic carbocycles. The molecule has 0 saturated carbocycles. The molecule has 0 amide bonds. The molecule has 0 spiro atoms. The Morgan fingerprint density at radius 2 is 2.17 bits per heavy atom. The first-order valence-electron chi connectivity index (χ1n) is 3.77. The molecule has 0 radical (unpaired) electrons. The third kappa shape index (κ3) is 3.00. The van der Waals surface area contributed by atoms with Gasteiger partial charge >= 0.3 is 0 Å². The van der Waals surface area contributed by atoms with Crippen molar-refractivity contribution in [3.8, 4) is 0 Å². The highest BCUT2D eigenvalue weighted by Crippen LogP contribution is 2.22. The summed E-state index contributed by atoms with van der Waals surface area (Å²) >= 11 is 13.3. The van der Waals surface area contributed by atoms with E-state index in [1.165, 1.54) is 5.56 Å². The first kappa shape index (κ1) is 10.4. The van der Waals surface area contributed by atoms with Gasteiger partial charge in [-0.2, -0.15) is 0 Å². The largest absolute Gasteiger partial charge is 0.142 e. The Labute approximate surface area is 91.9 Å². The van der Waals surface area contributed by atoms with Gasteiger partial charge in [0.1, 0.15) is 0 Å². The molecule has 1 aromatic carbocycles. The van der Waals surface area contributed by atoms with Crippen molar-refractivity contribution >= 4 is 40.2 Å². The molecule has 0 bridgehead atoms. The van der Waals surface area contributed by atoms with Crippen LogP contribution in [0.25, 0.3) is 0 Å². The molecule has 0 fully saturated rings. The van der Waals surface area contributed by atoms with Crippen molar-refractivity contribution in [1.29, 1.82) is 0 Å². The van der Waals surface area contributed by atoms with Crippen LogP contribution in [0.15, 0.2) is 27.6 Å². The highest BCUT2D eigenvalue weighted by atomic mass is 79.9. The minimum Gasteiger partial charge on any atom is -0.142 e. The fourth-order valence-corrected chi connectivity index (χ4v) is 1.61. The molecular formula is C9H10BrClS. The monoisotopic (exact) mass is 264 g/mol. The van der Waals surface area contributed by atoms with Gasteiger partial charge in [0, 0.05) is 15.2 Å². The van der Waals surface area contributed by atoms with E-state index in [1.54, 1.807) is 0 Å². The van der Waals surface area contributed by atoms with E-state index in [1.807, 2.05) is 6.07 Å². The minimum atomic E-state index is 0.720. The molecule has 0 aliphatic rings. The van der Waals surface area contributed by atoms with Crippen molar-refractivity contribution in [1.82, 2.24) is 0 Å². The quantitative estimate of drug-likeness (QED) is 0.622. The fraction of sp³-hybridized carbons (Fsp3) is 0.333. The zero-order chi connectivity index (χ0) is 8.97. The first-order chi connectivity index (χ1) is 5.74. The highest BCUT2D eigenvalue weighted by Gasteiger charge is 1.97. The van der Waals surface area contributed by atoms with Crippen LogP contribution >= 0.6 is 40.2 Å². The Kier molecular flexibility index (Phi) is 4.47. The van der Waals surface area contributed by atoms with Crippen molar-refractivity contribution in [2.24, 2.45) is 0 Å². The third-order valence-corrected chi connectivity index (χ3v) is 3.24. The van der Waals surface area contributed by atoms with Gasteiger partial charge in [-0.15, -0.1) is 24.2 Å². The van der Waals surface area contributed by atoms with Crippen LogP contribution in [0.3, 0.4) is 0 Å². The molecule has 0 heterocycles. The summed E-state index contributed by atoms with van der Waals surface area (Å²) in [5.74, 6) is 0.720. The summed E-state index contributed by atoms with van der Waals surface area (Å²) < 4.78 is 1.04. The van der Waals surface area contributed by atoms with Crippen LogP contribution < -0.4 is 0 Å². The van der Waals surface area contributed by atoms with Crippen LogP contribution in [0.5, 0.6) is 0 Å². The maximum atomic E-state index is 5.59. The van der Waals surface area contributed by atoms with Crippen molar-refractivity contribution < 1.29 is 0 Å². The van der Waals surface area contributed by atoms with Crippen molar-refractivity contribution in [2.45, 2.75) is 17.7 Å². The zero-order valence-corrected chi connectivity index (χ0v) is 9.79. The number of rotatable bonds is 3. The predicted molar refractivity (Wildman–Crippen MR) is 60.4 cm³/mol. The Hall–Kier alpha value is 0.340. The molecule has 0 unspecified atom stereocenters. The summed E-state index contributed by atoms with van der Waals surface area (Å²) in [7, 11) is 0. The molecule has 0 aromatic heterocycles. The van der Waals surface area contributed by atoms with Gasteiger partial charge in [0.15, 0.2) is 0 Å². The van der Waals surface area contributed by atoms with Gasteiger partial charge in [-0.3, -0.25) is 0 Å². The zero-order valence-electron chi connectivity index (χ0n) is 6.56. The fourth-order valence-electron chi connectivity index (χ4n) is 0.985. The van der Waals surface area contributed by atoms with Gasteiger partial charge in [0.25, 0.3) is 0 Å². The lowest BCUT2D eigenvalue weighted by Gasteiger charge is -2.01. The molecule has 1 rings (SSSR count). The molecule has 66 valence electrons. The van der Waals surface area contributed by atoms with Gasteiger partial charge in [-0.25, -0.2) is 0 Å². The standard InChI is InChI=1S/C9H10BrClS/c10-8-4-3-7(2-1-5-11)6-9(8)12/h3-4,6,12H,1-2,5H2. The van der Waals surface area contributed by atoms with Crippen molar-refractivity contribution in [3.63, 3.8) is 0 Å². The summed E-state index contributed by atoms with van der Waals surface area (Å²) in [5.41, 5.74) is 1.30. The maximum absolute atomic E-state index is 5.59. The topological polar surface area (TPSA) is 0 Å². The molecule has 0 atom stereocenters. The molecule has 0 nitrogen and oxygen atoms in total. The lowest BCUT2D eigenvalue weighted by molar-refractivity contribution is 0.924. The Morgan fingerprint density at radius 1 is 1.42 bits per heavy atom. The van der Waals surface area contributed by atoms with E-state index in [2.05, 4.69) is 40.7 Å². The minimum absolute atomic E-state index is 0.720. The number of benzene rings is 1. The molecule has 0 N–H and O–H groups in total. The van der Waals surface area contributed by atoms with E-state index in [-0.39, 0.29) is 0 Å². The number of aryl methyl sites for hydroxylation is 1. The average molecular weight is 266 g/mol. The van der Waals surface area contributed by atoms with Crippen LogP contribution in [0.1, 0.15) is 12.0 Å². The third-order valence-electron chi connectivity index (χ3n) is 1.61. The smallest absolute Gasteiger partial charge is 0.0308 e. The normalized spacial score (nSPS) is 10.2. The number of halogens is 2. The molecular weight excluding hydrogens is 256 g/mol. The second-order valence-electron chi connectivity index (χ2n) is 2.58. The number of hydrogen-bond acceptors (Lipinski definition) is 1. The lowest BCUT2D eigenvalue weighted by atomic mass is 10.1. The van der Waals surface area contributed by atoms with E-state index >= 15 is 0 Å². The van der Waals surface area contributed by atoms with E-state index in [0.717, 1.165) is 28.1 Å². The van der Waals surface area contributed by atoms with Gasteiger partial charge < -0.3 is 0 Å². The summed E-state index contributed by atoms with van der Waals surface area (Å²) in [6.45, 7) is 0. The Bertz CT molecular complexity index is 263. The first-order valence-corrected chi connectivity index (χ1v) is 5.55. The molecule has 1 aromatic rings. The summed E-state index contributed by atoms with van der Waals surface area (Å²) in [4.78, 5) is 0.988. The van der Waals surface area contributed by atoms with Gasteiger partial charge in [-0.05, 0) is 46.5 Å². The lowest BCUT2D eigenvalue weighted by Crippen LogP contribution is -1.86. The van der Waals surface area contributed by atoms with Crippen LogP contribution in [0.4, 0.5) is 0 Å². The second-order valence-corrected chi connectivity index (χ2v) is 4.29. The number of hydrogen-bond donors (Lipinski definition) is 1. The highest BCUT2D eigenvalue weighted by molar-refractivity contribution is 9.10. The number of alkyl halides is 1. The van der Waals surface area contributed by atoms with E-state index in [9.17, 15) is 0 Å². The van der Waals surface area contributed by atoms with Gasteiger partial charge in [0.05, 0.1) is 0 Å². The summed E-state index contributed by atoms with van der Waals surface area (Å²) in [6, 6.07) is 6.18. The number of thiol groups is 1. The molecule has 12 heavy (non-hydrogen) atoms. The summed E-state index contributed by atoms with van der Waals surface area (Å²) in [5, 5.41) is 0. The average Bonchev–Trinajstić information content (AvgIpc) is 2.07.